The largest absolute Gasteiger partial charge is 0.362 e. The van der Waals surface area contributed by atoms with Crippen LogP contribution in [0.15, 0.2) is 54.7 Å². The minimum absolute atomic E-state index is 0.419. The third-order valence-electron chi connectivity index (χ3n) is 6.32. The summed E-state index contributed by atoms with van der Waals surface area (Å²) in [5.41, 5.74) is 3.54. The van der Waals surface area contributed by atoms with Crippen molar-refractivity contribution in [3.8, 4) is 0 Å². The highest BCUT2D eigenvalue weighted by atomic mass is 15.2. The van der Waals surface area contributed by atoms with Crippen molar-refractivity contribution in [3.05, 3.63) is 60.3 Å². The van der Waals surface area contributed by atoms with Crippen LogP contribution in [-0.4, -0.2) is 41.1 Å². The van der Waals surface area contributed by atoms with Crippen molar-refractivity contribution < 1.29 is 0 Å². The SMILES string of the molecule is CN(C)c1nc(NC2CCC(NCc3c[nH]c4ccccc34)CC2)nc2ccccc12. The van der Waals surface area contributed by atoms with Gasteiger partial charge in [-0.2, -0.15) is 4.98 Å². The summed E-state index contributed by atoms with van der Waals surface area (Å²) in [6.45, 7) is 0.909. The number of nitrogens with zero attached hydrogens (tertiary/aromatic N) is 3. The van der Waals surface area contributed by atoms with Gasteiger partial charge in [0.1, 0.15) is 5.82 Å². The maximum Gasteiger partial charge on any atom is 0.225 e. The fraction of sp³-hybridized carbons (Fsp3) is 0.360. The molecule has 0 spiro atoms. The van der Waals surface area contributed by atoms with Gasteiger partial charge in [0.25, 0.3) is 0 Å². The van der Waals surface area contributed by atoms with E-state index in [0.717, 1.165) is 54.9 Å². The summed E-state index contributed by atoms with van der Waals surface area (Å²) in [7, 11) is 4.06. The predicted octanol–water partition coefficient (Wildman–Crippen LogP) is 4.69. The number of hydrogen-bond acceptors (Lipinski definition) is 5. The highest BCUT2D eigenvalue weighted by Gasteiger charge is 2.22. The first-order chi connectivity index (χ1) is 15.2. The van der Waals surface area contributed by atoms with E-state index in [1.807, 2.05) is 26.2 Å². The minimum atomic E-state index is 0.419. The molecule has 0 amide bonds. The highest BCUT2D eigenvalue weighted by molar-refractivity contribution is 5.90. The number of anilines is 2. The lowest BCUT2D eigenvalue weighted by Gasteiger charge is -2.30. The molecule has 0 unspecified atom stereocenters. The Labute approximate surface area is 183 Å². The van der Waals surface area contributed by atoms with Crippen LogP contribution in [-0.2, 0) is 6.54 Å². The van der Waals surface area contributed by atoms with Crippen molar-refractivity contribution in [2.45, 2.75) is 44.3 Å². The van der Waals surface area contributed by atoms with Crippen LogP contribution in [0.5, 0.6) is 0 Å². The average molecular weight is 415 g/mol. The van der Waals surface area contributed by atoms with Crippen LogP contribution < -0.4 is 15.5 Å². The molecule has 2 heterocycles. The number of hydrogen-bond donors (Lipinski definition) is 3. The first kappa shape index (κ1) is 19.8. The summed E-state index contributed by atoms with van der Waals surface area (Å²) in [6.07, 6.45) is 6.70. The van der Waals surface area contributed by atoms with Crippen molar-refractivity contribution >= 4 is 33.6 Å². The number of rotatable bonds is 6. The zero-order valence-corrected chi connectivity index (χ0v) is 18.2. The number of H-pyrrole nitrogens is 1. The molecule has 4 aromatic rings. The van der Waals surface area contributed by atoms with Gasteiger partial charge in [0.15, 0.2) is 0 Å². The molecular weight excluding hydrogens is 384 g/mol. The molecule has 1 aliphatic rings. The molecule has 6 nitrogen and oxygen atoms in total. The van der Waals surface area contributed by atoms with Crippen molar-refractivity contribution in [1.82, 2.24) is 20.3 Å². The predicted molar refractivity (Wildman–Crippen MR) is 129 cm³/mol. The Morgan fingerprint density at radius 3 is 2.42 bits per heavy atom. The third kappa shape index (κ3) is 4.21. The number of fused-ring (bicyclic) bond motifs is 2. The van der Waals surface area contributed by atoms with Crippen LogP contribution in [0.2, 0.25) is 0 Å². The van der Waals surface area contributed by atoms with Gasteiger partial charge in [-0.25, -0.2) is 4.98 Å². The summed E-state index contributed by atoms with van der Waals surface area (Å²) in [5.74, 6) is 1.69. The van der Waals surface area contributed by atoms with E-state index in [9.17, 15) is 0 Å². The van der Waals surface area contributed by atoms with Crippen LogP contribution in [0.4, 0.5) is 11.8 Å². The second-order valence-electron chi connectivity index (χ2n) is 8.72. The van der Waals surface area contributed by atoms with Crippen molar-refractivity contribution in [3.63, 3.8) is 0 Å². The zero-order valence-electron chi connectivity index (χ0n) is 18.2. The van der Waals surface area contributed by atoms with E-state index in [0.29, 0.717) is 12.1 Å². The van der Waals surface area contributed by atoms with E-state index < -0.39 is 0 Å². The van der Waals surface area contributed by atoms with Crippen LogP contribution in [0, 0.1) is 0 Å². The Bertz CT molecular complexity index is 1170. The van der Waals surface area contributed by atoms with Crippen LogP contribution >= 0.6 is 0 Å². The summed E-state index contributed by atoms with van der Waals surface area (Å²) in [6, 6.07) is 17.7. The summed E-state index contributed by atoms with van der Waals surface area (Å²) in [4.78, 5) is 15.0. The standard InChI is InChI=1S/C25H30N6/c1-31(2)24-21-8-4-6-10-23(21)29-25(30-24)28-19-13-11-18(12-14-19)26-15-17-16-27-22-9-5-3-7-20(17)22/h3-10,16,18-19,26-27H,11-15H2,1-2H3,(H,28,29,30). The van der Waals surface area contributed by atoms with Crippen LogP contribution in [0.1, 0.15) is 31.2 Å². The van der Waals surface area contributed by atoms with Gasteiger partial charge in [-0.15, -0.1) is 0 Å². The number of aromatic nitrogens is 3. The van der Waals surface area contributed by atoms with E-state index in [2.05, 4.69) is 63.1 Å². The van der Waals surface area contributed by atoms with Crippen molar-refractivity contribution in [2.24, 2.45) is 0 Å². The summed E-state index contributed by atoms with van der Waals surface area (Å²) >= 11 is 0. The van der Waals surface area contributed by atoms with E-state index in [1.54, 1.807) is 0 Å². The first-order valence-electron chi connectivity index (χ1n) is 11.2. The van der Waals surface area contributed by atoms with Crippen LogP contribution in [0.3, 0.4) is 0 Å². The Kier molecular flexibility index (Phi) is 5.47. The second kappa shape index (κ2) is 8.55. The zero-order chi connectivity index (χ0) is 21.2. The van der Waals surface area contributed by atoms with Gasteiger partial charge < -0.3 is 20.5 Å². The molecule has 5 rings (SSSR count). The molecule has 3 N–H and O–H groups in total. The lowest BCUT2D eigenvalue weighted by atomic mass is 9.91. The van der Waals surface area contributed by atoms with Gasteiger partial charge in [0, 0.05) is 55.2 Å². The third-order valence-corrected chi connectivity index (χ3v) is 6.32. The summed E-state index contributed by atoms with van der Waals surface area (Å²) in [5, 5.41) is 9.77. The molecule has 2 aromatic heterocycles. The van der Waals surface area contributed by atoms with Crippen molar-refractivity contribution in [1.29, 1.82) is 0 Å². The fourth-order valence-electron chi connectivity index (χ4n) is 4.62. The van der Waals surface area contributed by atoms with Crippen molar-refractivity contribution in [2.75, 3.05) is 24.3 Å². The quantitative estimate of drug-likeness (QED) is 0.427. The van der Waals surface area contributed by atoms with Gasteiger partial charge in [0.05, 0.1) is 5.52 Å². The molecule has 0 bridgehead atoms. The Balaban J connectivity index is 1.19. The second-order valence-corrected chi connectivity index (χ2v) is 8.72. The Hall–Kier alpha value is -3.12. The van der Waals surface area contributed by atoms with E-state index in [1.165, 1.54) is 16.5 Å². The Morgan fingerprint density at radius 1 is 0.903 bits per heavy atom. The van der Waals surface area contributed by atoms with E-state index in [-0.39, 0.29) is 0 Å². The lowest BCUT2D eigenvalue weighted by molar-refractivity contribution is 0.352. The number of benzene rings is 2. The fourth-order valence-corrected chi connectivity index (χ4v) is 4.62. The lowest BCUT2D eigenvalue weighted by Crippen LogP contribution is -2.36. The molecule has 1 fully saturated rings. The van der Waals surface area contributed by atoms with Gasteiger partial charge in [-0.05, 0) is 49.4 Å². The molecule has 1 saturated carbocycles. The maximum atomic E-state index is 4.80. The van der Waals surface area contributed by atoms with Gasteiger partial charge in [-0.3, -0.25) is 0 Å². The highest BCUT2D eigenvalue weighted by Crippen LogP contribution is 2.26. The molecule has 0 radical (unpaired) electrons. The molecule has 2 aromatic carbocycles. The van der Waals surface area contributed by atoms with Gasteiger partial charge >= 0.3 is 0 Å². The molecular formula is C25H30N6. The molecule has 0 aliphatic heterocycles. The normalized spacial score (nSPS) is 19.0. The minimum Gasteiger partial charge on any atom is -0.362 e. The molecule has 160 valence electrons. The molecule has 1 aliphatic carbocycles. The average Bonchev–Trinajstić information content (AvgIpc) is 3.21. The molecule has 0 saturated heterocycles. The smallest absolute Gasteiger partial charge is 0.225 e. The topological polar surface area (TPSA) is 68.9 Å². The number of nitrogens with one attached hydrogen (secondary N) is 3. The Morgan fingerprint density at radius 2 is 1.61 bits per heavy atom. The monoisotopic (exact) mass is 414 g/mol. The van der Waals surface area contributed by atoms with E-state index in [4.69, 9.17) is 9.97 Å². The van der Waals surface area contributed by atoms with Gasteiger partial charge in [0.2, 0.25) is 5.95 Å². The van der Waals surface area contributed by atoms with Gasteiger partial charge in [-0.1, -0.05) is 30.3 Å². The molecule has 31 heavy (non-hydrogen) atoms. The van der Waals surface area contributed by atoms with E-state index >= 15 is 0 Å². The number of para-hydroxylation sites is 2. The number of aromatic amines is 1. The molecule has 6 heteroatoms. The maximum absolute atomic E-state index is 4.80. The molecule has 0 atom stereocenters. The first-order valence-corrected chi connectivity index (χ1v) is 11.2. The summed E-state index contributed by atoms with van der Waals surface area (Å²) < 4.78 is 0. The van der Waals surface area contributed by atoms with Crippen LogP contribution in [0.25, 0.3) is 21.8 Å².